The number of rotatable bonds is 5. The molecular weight excluding hydrogens is 475 g/mol. The molecule has 2 aromatic heterocycles. The van der Waals surface area contributed by atoms with Crippen LogP contribution < -0.4 is 11.2 Å². The maximum absolute atomic E-state index is 14.3. The molecule has 2 aromatic carbocycles. The minimum Gasteiger partial charge on any atom is -0.480 e. The number of carboxylic acids is 1. The van der Waals surface area contributed by atoms with Crippen molar-refractivity contribution in [2.75, 3.05) is 0 Å². The minimum absolute atomic E-state index is 0.150. The zero-order valence-electron chi connectivity index (χ0n) is 15.3. The average Bonchev–Trinajstić information content (AvgIpc) is 3.16. The van der Waals surface area contributed by atoms with Crippen molar-refractivity contribution in [3.8, 4) is 10.4 Å². The molecule has 30 heavy (non-hydrogen) atoms. The molecule has 6 nitrogen and oxygen atoms in total. The summed E-state index contributed by atoms with van der Waals surface area (Å²) < 4.78 is 16.8. The first-order valence-corrected chi connectivity index (χ1v) is 10.4. The van der Waals surface area contributed by atoms with Crippen molar-refractivity contribution in [3.05, 3.63) is 91.3 Å². The number of thiophene rings is 1. The lowest BCUT2D eigenvalue weighted by atomic mass is 10.2. The highest BCUT2D eigenvalue weighted by atomic mass is 79.9. The second-order valence-electron chi connectivity index (χ2n) is 6.58. The van der Waals surface area contributed by atoms with Gasteiger partial charge in [0.1, 0.15) is 17.2 Å². The van der Waals surface area contributed by atoms with Crippen LogP contribution in [-0.4, -0.2) is 20.2 Å². The van der Waals surface area contributed by atoms with Crippen LogP contribution in [0, 0.1) is 5.82 Å². The number of carboxylic acid groups (broad SMARTS) is 1. The molecule has 9 heteroatoms. The van der Waals surface area contributed by atoms with E-state index in [1.54, 1.807) is 12.1 Å². The number of aromatic nitrogens is 2. The van der Waals surface area contributed by atoms with E-state index in [0.29, 0.717) is 4.47 Å². The third-order valence-electron chi connectivity index (χ3n) is 4.59. The summed E-state index contributed by atoms with van der Waals surface area (Å²) in [6.07, 6.45) is 0. The lowest BCUT2D eigenvalue weighted by Crippen LogP contribution is -2.41. The van der Waals surface area contributed by atoms with Gasteiger partial charge in [-0.2, -0.15) is 0 Å². The second kappa shape index (κ2) is 8.00. The third-order valence-corrected chi connectivity index (χ3v) is 6.29. The molecule has 2 heterocycles. The largest absolute Gasteiger partial charge is 0.480 e. The maximum Gasteiger partial charge on any atom is 0.332 e. The van der Waals surface area contributed by atoms with Crippen molar-refractivity contribution in [3.63, 3.8) is 0 Å². The summed E-state index contributed by atoms with van der Waals surface area (Å²) in [5.41, 5.74) is -0.383. The number of halogens is 2. The van der Waals surface area contributed by atoms with E-state index in [1.165, 1.54) is 23.5 Å². The summed E-state index contributed by atoms with van der Waals surface area (Å²) in [7, 11) is 0. The van der Waals surface area contributed by atoms with E-state index >= 15 is 0 Å². The summed E-state index contributed by atoms with van der Waals surface area (Å²) in [6.45, 7) is -0.907. The molecule has 0 atom stereocenters. The van der Waals surface area contributed by atoms with Gasteiger partial charge in [-0.25, -0.2) is 9.18 Å². The van der Waals surface area contributed by atoms with Gasteiger partial charge < -0.3 is 5.11 Å². The fourth-order valence-corrected chi connectivity index (χ4v) is 4.66. The Morgan fingerprint density at radius 1 is 1.07 bits per heavy atom. The summed E-state index contributed by atoms with van der Waals surface area (Å²) in [6, 6.07) is 15.2. The quantitative estimate of drug-likeness (QED) is 0.461. The van der Waals surface area contributed by atoms with Crippen LogP contribution in [-0.2, 0) is 17.9 Å². The van der Waals surface area contributed by atoms with E-state index in [9.17, 15) is 23.9 Å². The highest BCUT2D eigenvalue weighted by molar-refractivity contribution is 9.10. The topological polar surface area (TPSA) is 81.3 Å². The van der Waals surface area contributed by atoms with Crippen molar-refractivity contribution in [2.45, 2.75) is 13.1 Å². The van der Waals surface area contributed by atoms with Crippen molar-refractivity contribution in [1.82, 2.24) is 9.13 Å². The van der Waals surface area contributed by atoms with Gasteiger partial charge in [-0.15, -0.1) is 11.3 Å². The fraction of sp³-hybridized carbons (Fsp3) is 0.0952. The number of nitrogens with zero attached hydrogens (tertiary/aromatic N) is 2. The van der Waals surface area contributed by atoms with E-state index in [2.05, 4.69) is 15.9 Å². The van der Waals surface area contributed by atoms with Gasteiger partial charge in [0.25, 0.3) is 5.56 Å². The van der Waals surface area contributed by atoms with Crippen molar-refractivity contribution < 1.29 is 14.3 Å². The molecule has 4 aromatic rings. The van der Waals surface area contributed by atoms with Crippen molar-refractivity contribution in [1.29, 1.82) is 0 Å². The summed E-state index contributed by atoms with van der Waals surface area (Å²) in [5.74, 6) is -1.79. The van der Waals surface area contributed by atoms with E-state index < -0.39 is 29.6 Å². The zero-order valence-corrected chi connectivity index (χ0v) is 17.7. The monoisotopic (exact) mass is 488 g/mol. The van der Waals surface area contributed by atoms with E-state index in [4.69, 9.17) is 0 Å². The van der Waals surface area contributed by atoms with E-state index in [0.717, 1.165) is 19.6 Å². The molecule has 152 valence electrons. The van der Waals surface area contributed by atoms with Crippen LogP contribution in [0.4, 0.5) is 4.39 Å². The Labute approximate surface area is 181 Å². The number of aliphatic carboxylic acids is 1. The molecular formula is C21H14BrFN2O4S. The smallest absolute Gasteiger partial charge is 0.332 e. The molecule has 0 radical (unpaired) electrons. The number of carbonyl (C=O) groups is 1. The van der Waals surface area contributed by atoms with Gasteiger partial charge in [-0.05, 0) is 23.8 Å². The predicted octanol–water partition coefficient (Wildman–Crippen LogP) is 3.93. The van der Waals surface area contributed by atoms with Crippen LogP contribution in [0.5, 0.6) is 0 Å². The first-order valence-electron chi connectivity index (χ1n) is 8.83. The summed E-state index contributed by atoms with van der Waals surface area (Å²) in [5, 5.41) is 9.51. The molecule has 0 bridgehead atoms. The first-order chi connectivity index (χ1) is 14.3. The van der Waals surface area contributed by atoms with Crippen LogP contribution in [0.2, 0.25) is 0 Å². The number of fused-ring (bicyclic) bond motifs is 1. The molecule has 0 fully saturated rings. The lowest BCUT2D eigenvalue weighted by molar-refractivity contribution is -0.137. The molecule has 0 saturated carbocycles. The number of benzene rings is 2. The molecule has 0 saturated heterocycles. The van der Waals surface area contributed by atoms with Gasteiger partial charge in [0.2, 0.25) is 0 Å². The number of hydrogen-bond acceptors (Lipinski definition) is 4. The summed E-state index contributed by atoms with van der Waals surface area (Å²) in [4.78, 5) is 38.5. The van der Waals surface area contributed by atoms with Crippen LogP contribution in [0.3, 0.4) is 0 Å². The van der Waals surface area contributed by atoms with Crippen LogP contribution in [0.15, 0.2) is 68.7 Å². The van der Waals surface area contributed by atoms with Gasteiger partial charge in [-0.3, -0.25) is 18.7 Å². The highest BCUT2D eigenvalue weighted by Gasteiger charge is 2.19. The standard InChI is InChI=1S/C21H14BrFN2O4S/c22-14-7-6-13(16(23)8-14)10-24-19(28)15-9-17(12-4-2-1-3-5-12)30-20(15)25(21(24)29)11-18(26)27/h1-9H,10-11H2,(H,26,27). The van der Waals surface area contributed by atoms with Crippen LogP contribution in [0.25, 0.3) is 20.7 Å². The van der Waals surface area contributed by atoms with Gasteiger partial charge in [0.05, 0.1) is 11.9 Å². The number of hydrogen-bond donors (Lipinski definition) is 1. The molecule has 0 aliphatic rings. The van der Waals surface area contributed by atoms with Gasteiger partial charge in [-0.1, -0.05) is 52.3 Å². The second-order valence-corrected chi connectivity index (χ2v) is 8.53. The third kappa shape index (κ3) is 3.73. The first kappa shape index (κ1) is 20.2. The van der Waals surface area contributed by atoms with Crippen LogP contribution >= 0.6 is 27.3 Å². The van der Waals surface area contributed by atoms with E-state index in [-0.39, 0.29) is 22.3 Å². The van der Waals surface area contributed by atoms with Crippen LogP contribution in [0.1, 0.15) is 5.56 Å². The molecule has 0 amide bonds. The predicted molar refractivity (Wildman–Crippen MR) is 117 cm³/mol. The molecule has 4 rings (SSSR count). The Balaban J connectivity index is 1.95. The van der Waals surface area contributed by atoms with Crippen molar-refractivity contribution >= 4 is 43.5 Å². The Morgan fingerprint density at radius 2 is 1.80 bits per heavy atom. The molecule has 0 aliphatic heterocycles. The average molecular weight is 489 g/mol. The SMILES string of the molecule is O=C(O)Cn1c(=O)n(Cc2ccc(Br)cc2F)c(=O)c2cc(-c3ccccc3)sc21. The summed E-state index contributed by atoms with van der Waals surface area (Å²) >= 11 is 4.34. The zero-order chi connectivity index (χ0) is 21.4. The molecule has 0 spiro atoms. The Hall–Kier alpha value is -3.04. The van der Waals surface area contributed by atoms with E-state index in [1.807, 2.05) is 30.3 Å². The van der Waals surface area contributed by atoms with Crippen molar-refractivity contribution in [2.24, 2.45) is 0 Å². The molecule has 1 N–H and O–H groups in total. The normalized spacial score (nSPS) is 11.1. The molecule has 0 unspecified atom stereocenters. The Kier molecular flexibility index (Phi) is 5.40. The van der Waals surface area contributed by atoms with Gasteiger partial charge in [0, 0.05) is 14.9 Å². The highest BCUT2D eigenvalue weighted by Crippen LogP contribution is 2.31. The Bertz CT molecular complexity index is 1390. The fourth-order valence-electron chi connectivity index (χ4n) is 3.18. The molecule has 0 aliphatic carbocycles. The lowest BCUT2D eigenvalue weighted by Gasteiger charge is -2.11. The minimum atomic E-state index is -1.21. The maximum atomic E-state index is 14.3. The van der Waals surface area contributed by atoms with Gasteiger partial charge >= 0.3 is 11.7 Å². The van der Waals surface area contributed by atoms with Gasteiger partial charge in [0.15, 0.2) is 0 Å². The Morgan fingerprint density at radius 3 is 2.47 bits per heavy atom.